The molecule has 80 valence electrons. The number of carbonyl (C=O) groups is 2. The van der Waals surface area contributed by atoms with Gasteiger partial charge in [-0.2, -0.15) is 0 Å². The maximum Gasteiger partial charge on any atom is 0.415 e. The van der Waals surface area contributed by atoms with Crippen molar-refractivity contribution in [1.29, 1.82) is 0 Å². The number of hydrogen-bond acceptors (Lipinski definition) is 5. The fraction of sp³-hybridized carbons (Fsp3) is 0.750. The summed E-state index contributed by atoms with van der Waals surface area (Å²) in [6, 6.07) is -0.520. The van der Waals surface area contributed by atoms with Crippen LogP contribution in [0.15, 0.2) is 0 Å². The van der Waals surface area contributed by atoms with Crippen LogP contribution in [0.2, 0.25) is 0 Å². The van der Waals surface area contributed by atoms with Crippen LogP contribution >= 0.6 is 0 Å². The number of esters is 1. The molecule has 1 aliphatic heterocycles. The minimum absolute atomic E-state index is 0.238. The maximum absolute atomic E-state index is 10.9. The second kappa shape index (κ2) is 5.56. The number of cyclic esters (lactones) is 2. The second-order valence-electron chi connectivity index (χ2n) is 2.86. The molecule has 1 rings (SSSR count). The average molecular weight is 203 g/mol. The van der Waals surface area contributed by atoms with Crippen LogP contribution in [-0.2, 0) is 19.0 Å². The van der Waals surface area contributed by atoms with Crippen LogP contribution in [0.1, 0.15) is 12.8 Å². The van der Waals surface area contributed by atoms with E-state index >= 15 is 0 Å². The van der Waals surface area contributed by atoms with Gasteiger partial charge in [0.2, 0.25) is 0 Å². The summed E-state index contributed by atoms with van der Waals surface area (Å²) >= 11 is 0. The first kappa shape index (κ1) is 10.9. The summed E-state index contributed by atoms with van der Waals surface area (Å²) in [6.45, 7) is 0.731. The zero-order valence-corrected chi connectivity index (χ0v) is 7.95. The molecule has 1 saturated heterocycles. The first-order chi connectivity index (χ1) is 6.74. The van der Waals surface area contributed by atoms with Crippen LogP contribution in [0.4, 0.5) is 4.79 Å². The predicted molar refractivity (Wildman–Crippen MR) is 45.5 cm³/mol. The number of amides is 1. The molecule has 14 heavy (non-hydrogen) atoms. The van der Waals surface area contributed by atoms with E-state index in [1.807, 2.05) is 0 Å². The molecule has 0 aliphatic carbocycles. The van der Waals surface area contributed by atoms with Gasteiger partial charge >= 0.3 is 12.1 Å². The maximum atomic E-state index is 10.9. The SMILES string of the molecule is COCOCCCC1NC(=O)OC1=O. The van der Waals surface area contributed by atoms with Crippen molar-refractivity contribution in [1.82, 2.24) is 5.32 Å². The molecule has 0 radical (unpaired) electrons. The van der Waals surface area contributed by atoms with Crippen molar-refractivity contribution in [2.45, 2.75) is 18.9 Å². The van der Waals surface area contributed by atoms with Crippen LogP contribution in [0.25, 0.3) is 0 Å². The third-order valence-electron chi connectivity index (χ3n) is 1.75. The molecule has 0 aromatic carbocycles. The van der Waals surface area contributed by atoms with Gasteiger partial charge in [0.25, 0.3) is 0 Å². The van der Waals surface area contributed by atoms with Crippen LogP contribution in [0.3, 0.4) is 0 Å². The molecule has 1 atom stereocenters. The summed E-state index contributed by atoms with van der Waals surface area (Å²) in [6.07, 6.45) is 0.523. The molecule has 1 N–H and O–H groups in total. The van der Waals surface area contributed by atoms with Crippen molar-refractivity contribution in [3.05, 3.63) is 0 Å². The summed E-state index contributed by atoms with van der Waals surface area (Å²) < 4.78 is 14.0. The van der Waals surface area contributed by atoms with Crippen molar-refractivity contribution in [3.63, 3.8) is 0 Å². The van der Waals surface area contributed by atoms with E-state index in [-0.39, 0.29) is 6.79 Å². The van der Waals surface area contributed by atoms with Crippen molar-refractivity contribution >= 4 is 12.1 Å². The van der Waals surface area contributed by atoms with E-state index in [0.29, 0.717) is 19.4 Å². The summed E-state index contributed by atoms with van der Waals surface area (Å²) in [5, 5.41) is 2.40. The smallest absolute Gasteiger partial charge is 0.375 e. The van der Waals surface area contributed by atoms with E-state index in [1.54, 1.807) is 0 Å². The quantitative estimate of drug-likeness (QED) is 0.285. The van der Waals surface area contributed by atoms with Crippen LogP contribution in [0, 0.1) is 0 Å². The van der Waals surface area contributed by atoms with E-state index in [0.717, 1.165) is 0 Å². The van der Waals surface area contributed by atoms with E-state index in [4.69, 9.17) is 4.74 Å². The molecule has 1 aliphatic rings. The van der Waals surface area contributed by atoms with Gasteiger partial charge in [-0.25, -0.2) is 9.59 Å². The van der Waals surface area contributed by atoms with Gasteiger partial charge in [-0.15, -0.1) is 0 Å². The van der Waals surface area contributed by atoms with E-state index in [2.05, 4.69) is 14.8 Å². The number of hydrogen-bond donors (Lipinski definition) is 1. The molecule has 0 saturated carbocycles. The molecule has 0 aromatic rings. The highest BCUT2D eigenvalue weighted by Gasteiger charge is 2.31. The standard InChI is InChI=1S/C8H13NO5/c1-12-5-13-4-2-3-6-7(10)14-8(11)9-6/h6H,2-5H2,1H3,(H,9,11). The van der Waals surface area contributed by atoms with Crippen molar-refractivity contribution in [3.8, 4) is 0 Å². The third kappa shape index (κ3) is 3.31. The lowest BCUT2D eigenvalue weighted by Gasteiger charge is -2.05. The minimum atomic E-state index is -0.669. The molecule has 1 amide bonds. The van der Waals surface area contributed by atoms with Gasteiger partial charge in [0.05, 0.1) is 0 Å². The number of carbonyl (C=O) groups excluding carboxylic acids is 2. The lowest BCUT2D eigenvalue weighted by molar-refractivity contribution is -0.135. The van der Waals surface area contributed by atoms with Gasteiger partial charge in [-0.05, 0) is 12.8 Å². The Morgan fingerprint density at radius 3 is 2.86 bits per heavy atom. The largest absolute Gasteiger partial charge is 0.415 e. The van der Waals surface area contributed by atoms with E-state index in [1.165, 1.54) is 7.11 Å². The van der Waals surface area contributed by atoms with Crippen molar-refractivity contribution in [2.75, 3.05) is 20.5 Å². The Hall–Kier alpha value is -1.14. The molecule has 6 heteroatoms. The fourth-order valence-electron chi connectivity index (χ4n) is 1.11. The number of methoxy groups -OCH3 is 1. The van der Waals surface area contributed by atoms with Gasteiger partial charge in [-0.1, -0.05) is 0 Å². The molecule has 0 aromatic heterocycles. The van der Waals surface area contributed by atoms with E-state index < -0.39 is 18.1 Å². The summed E-state index contributed by atoms with van der Waals surface area (Å²) in [7, 11) is 1.54. The normalized spacial score (nSPS) is 20.8. The Morgan fingerprint density at radius 1 is 1.50 bits per heavy atom. The number of rotatable bonds is 6. The fourth-order valence-corrected chi connectivity index (χ4v) is 1.11. The highest BCUT2D eigenvalue weighted by atomic mass is 16.7. The molecule has 1 unspecified atom stereocenters. The summed E-state index contributed by atoms with van der Waals surface area (Å²) in [4.78, 5) is 21.5. The Bertz CT molecular complexity index is 218. The van der Waals surface area contributed by atoms with Crippen LogP contribution < -0.4 is 5.32 Å². The van der Waals surface area contributed by atoms with E-state index in [9.17, 15) is 9.59 Å². The Kier molecular flexibility index (Phi) is 4.34. The van der Waals surface area contributed by atoms with Gasteiger partial charge < -0.3 is 19.5 Å². The highest BCUT2D eigenvalue weighted by Crippen LogP contribution is 2.06. The van der Waals surface area contributed by atoms with Crippen molar-refractivity contribution in [2.24, 2.45) is 0 Å². The number of alkyl carbamates (subject to hydrolysis) is 1. The first-order valence-corrected chi connectivity index (χ1v) is 4.33. The Morgan fingerprint density at radius 2 is 2.29 bits per heavy atom. The predicted octanol–water partition coefficient (Wildman–Crippen LogP) is 0.0221. The summed E-state index contributed by atoms with van der Waals surface area (Å²) in [5.74, 6) is -0.512. The molecule has 6 nitrogen and oxygen atoms in total. The van der Waals surface area contributed by atoms with Crippen molar-refractivity contribution < 1.29 is 23.8 Å². The molecule has 1 fully saturated rings. The average Bonchev–Trinajstić information content (AvgIpc) is 2.45. The van der Waals surface area contributed by atoms with Gasteiger partial charge in [-0.3, -0.25) is 0 Å². The lowest BCUT2D eigenvalue weighted by atomic mass is 10.2. The topological polar surface area (TPSA) is 73.9 Å². The van der Waals surface area contributed by atoms with Gasteiger partial charge in [0.1, 0.15) is 12.8 Å². The Balaban J connectivity index is 2.07. The number of ether oxygens (including phenoxy) is 3. The summed E-state index contributed by atoms with van der Waals surface area (Å²) in [5.41, 5.74) is 0. The van der Waals surface area contributed by atoms with Crippen LogP contribution in [-0.4, -0.2) is 38.6 Å². The van der Waals surface area contributed by atoms with Crippen LogP contribution in [0.5, 0.6) is 0 Å². The monoisotopic (exact) mass is 203 g/mol. The third-order valence-corrected chi connectivity index (χ3v) is 1.75. The van der Waals surface area contributed by atoms with Gasteiger partial charge in [0.15, 0.2) is 0 Å². The molecule has 0 bridgehead atoms. The zero-order chi connectivity index (χ0) is 10.4. The zero-order valence-electron chi connectivity index (χ0n) is 7.95. The highest BCUT2D eigenvalue weighted by molar-refractivity contribution is 5.95. The first-order valence-electron chi connectivity index (χ1n) is 4.33. The minimum Gasteiger partial charge on any atom is -0.375 e. The molecule has 1 heterocycles. The molecular formula is C8H13NO5. The lowest BCUT2D eigenvalue weighted by Crippen LogP contribution is -2.28. The number of nitrogens with one attached hydrogen (secondary N) is 1. The second-order valence-corrected chi connectivity index (χ2v) is 2.86. The Labute approximate surface area is 81.5 Å². The molecular weight excluding hydrogens is 190 g/mol. The molecule has 0 spiro atoms. The van der Waals surface area contributed by atoms with Gasteiger partial charge in [0, 0.05) is 13.7 Å².